The molecule has 0 amide bonds. The van der Waals surface area contributed by atoms with Crippen LogP contribution in [0, 0.1) is 6.92 Å². The zero-order valence-corrected chi connectivity index (χ0v) is 13.5. The molecule has 25 heavy (non-hydrogen) atoms. The van der Waals surface area contributed by atoms with Crippen LogP contribution in [-0.4, -0.2) is 11.3 Å². The summed E-state index contributed by atoms with van der Waals surface area (Å²) in [4.78, 5) is 4.17. The topological polar surface area (TPSA) is 22.1 Å². The first-order chi connectivity index (χ1) is 11.9. The van der Waals surface area contributed by atoms with E-state index < -0.39 is 6.36 Å². The Labute approximate surface area is 143 Å². The molecule has 0 bridgehead atoms. The third kappa shape index (κ3) is 4.38. The molecule has 0 fully saturated rings. The Kier molecular flexibility index (Phi) is 4.74. The fraction of sp³-hybridized carbons (Fsp3) is 0.150. The number of alkyl halides is 3. The highest BCUT2D eigenvalue weighted by Gasteiger charge is 2.31. The summed E-state index contributed by atoms with van der Waals surface area (Å²) in [6.07, 6.45) is -1.23. The zero-order valence-electron chi connectivity index (χ0n) is 13.5. The zero-order chi connectivity index (χ0) is 17.9. The maximum absolute atomic E-state index is 12.3. The van der Waals surface area contributed by atoms with Crippen molar-refractivity contribution in [3.8, 4) is 5.75 Å². The van der Waals surface area contributed by atoms with Gasteiger partial charge in [-0.2, -0.15) is 0 Å². The van der Waals surface area contributed by atoms with Crippen LogP contribution >= 0.6 is 0 Å². The van der Waals surface area contributed by atoms with Crippen LogP contribution < -0.4 is 4.74 Å². The van der Waals surface area contributed by atoms with E-state index in [-0.39, 0.29) is 11.7 Å². The molecule has 0 spiro atoms. The van der Waals surface area contributed by atoms with Crippen molar-refractivity contribution in [1.29, 1.82) is 0 Å². The van der Waals surface area contributed by atoms with Crippen molar-refractivity contribution in [1.82, 2.24) is 4.98 Å². The number of ether oxygens (including phenoxy) is 1. The Morgan fingerprint density at radius 1 is 0.840 bits per heavy atom. The summed E-state index contributed by atoms with van der Waals surface area (Å²) in [6.45, 7) is 2.01. The van der Waals surface area contributed by atoms with Crippen LogP contribution in [0.25, 0.3) is 0 Å². The van der Waals surface area contributed by atoms with Gasteiger partial charge in [0.2, 0.25) is 0 Å². The van der Waals surface area contributed by atoms with Gasteiger partial charge in [0, 0.05) is 18.3 Å². The highest BCUT2D eigenvalue weighted by Crippen LogP contribution is 2.33. The van der Waals surface area contributed by atoms with E-state index in [0.29, 0.717) is 0 Å². The molecule has 0 radical (unpaired) electrons. The lowest BCUT2D eigenvalue weighted by Gasteiger charge is -2.19. The van der Waals surface area contributed by atoms with Gasteiger partial charge in [0.15, 0.2) is 0 Å². The number of nitrogens with zero attached hydrogens (tertiary/aromatic N) is 1. The van der Waals surface area contributed by atoms with E-state index in [1.54, 1.807) is 24.5 Å². The molecule has 2 aromatic carbocycles. The summed E-state index contributed by atoms with van der Waals surface area (Å²) in [5.41, 5.74) is 4.02. The Bertz CT molecular complexity index is 812. The van der Waals surface area contributed by atoms with Crippen LogP contribution in [0.1, 0.15) is 28.2 Å². The molecule has 0 aliphatic rings. The predicted octanol–water partition coefficient (Wildman–Crippen LogP) is 5.47. The van der Waals surface area contributed by atoms with Gasteiger partial charge in [0.05, 0.1) is 0 Å². The smallest absolute Gasteiger partial charge is 0.406 e. The third-order valence-electron chi connectivity index (χ3n) is 3.88. The van der Waals surface area contributed by atoms with Gasteiger partial charge in [-0.05, 0) is 41.8 Å². The number of aromatic nitrogens is 1. The first-order valence-electron chi connectivity index (χ1n) is 7.74. The van der Waals surface area contributed by atoms with Crippen molar-refractivity contribution in [2.45, 2.75) is 19.2 Å². The summed E-state index contributed by atoms with van der Waals surface area (Å²) in [5.74, 6) is -0.348. The maximum Gasteiger partial charge on any atom is 0.573 e. The number of pyridine rings is 1. The Balaban J connectivity index is 1.99. The van der Waals surface area contributed by atoms with Crippen molar-refractivity contribution in [3.05, 3.63) is 95.3 Å². The third-order valence-corrected chi connectivity index (χ3v) is 3.88. The lowest BCUT2D eigenvalue weighted by Crippen LogP contribution is -2.17. The Morgan fingerprint density at radius 2 is 1.44 bits per heavy atom. The van der Waals surface area contributed by atoms with Gasteiger partial charge < -0.3 is 4.74 Å². The van der Waals surface area contributed by atoms with E-state index >= 15 is 0 Å². The summed E-state index contributed by atoms with van der Waals surface area (Å²) < 4.78 is 41.0. The first kappa shape index (κ1) is 17.0. The highest BCUT2D eigenvalue weighted by molar-refractivity contribution is 5.44. The van der Waals surface area contributed by atoms with Gasteiger partial charge in [0.1, 0.15) is 5.75 Å². The molecule has 0 aliphatic heterocycles. The molecule has 0 saturated carbocycles. The Hall–Kier alpha value is -2.82. The number of hydrogen-bond donors (Lipinski definition) is 0. The van der Waals surface area contributed by atoms with E-state index in [1.165, 1.54) is 12.1 Å². The molecule has 1 atom stereocenters. The summed E-state index contributed by atoms with van der Waals surface area (Å²) in [5, 5.41) is 0. The van der Waals surface area contributed by atoms with Gasteiger partial charge in [-0.3, -0.25) is 4.98 Å². The average Bonchev–Trinajstić information content (AvgIpc) is 2.58. The van der Waals surface area contributed by atoms with Crippen molar-refractivity contribution >= 4 is 0 Å². The monoisotopic (exact) mass is 343 g/mol. The lowest BCUT2D eigenvalue weighted by atomic mass is 9.85. The molecule has 128 valence electrons. The average molecular weight is 343 g/mol. The second-order valence-electron chi connectivity index (χ2n) is 5.75. The van der Waals surface area contributed by atoms with Gasteiger partial charge in [-0.25, -0.2) is 0 Å². The lowest BCUT2D eigenvalue weighted by molar-refractivity contribution is -0.274. The fourth-order valence-corrected chi connectivity index (χ4v) is 2.74. The number of aryl methyl sites for hydroxylation is 1. The molecule has 2 nitrogen and oxygen atoms in total. The van der Waals surface area contributed by atoms with Crippen LogP contribution in [0.3, 0.4) is 0 Å². The van der Waals surface area contributed by atoms with E-state index in [0.717, 1.165) is 22.3 Å². The number of halogens is 3. The minimum Gasteiger partial charge on any atom is -0.406 e. The van der Waals surface area contributed by atoms with Gasteiger partial charge in [0.25, 0.3) is 0 Å². The summed E-state index contributed by atoms with van der Waals surface area (Å²) in [6, 6.07) is 17.8. The van der Waals surface area contributed by atoms with Crippen molar-refractivity contribution in [2.24, 2.45) is 0 Å². The maximum atomic E-state index is 12.3. The molecule has 0 saturated heterocycles. The molecule has 1 aromatic heterocycles. The minimum atomic E-state index is -4.69. The van der Waals surface area contributed by atoms with Crippen molar-refractivity contribution in [2.75, 3.05) is 0 Å². The van der Waals surface area contributed by atoms with Crippen molar-refractivity contribution < 1.29 is 17.9 Å². The van der Waals surface area contributed by atoms with Crippen LogP contribution in [-0.2, 0) is 0 Å². The van der Waals surface area contributed by atoms with E-state index in [4.69, 9.17) is 0 Å². The molecule has 5 heteroatoms. The summed E-state index contributed by atoms with van der Waals surface area (Å²) in [7, 11) is 0. The predicted molar refractivity (Wildman–Crippen MR) is 89.5 cm³/mol. The molecule has 0 aliphatic carbocycles. The molecular weight excluding hydrogens is 327 g/mol. The second kappa shape index (κ2) is 6.97. The first-order valence-corrected chi connectivity index (χ1v) is 7.74. The van der Waals surface area contributed by atoms with Crippen LogP contribution in [0.2, 0.25) is 0 Å². The van der Waals surface area contributed by atoms with E-state index in [1.807, 2.05) is 43.3 Å². The van der Waals surface area contributed by atoms with Crippen molar-refractivity contribution in [3.63, 3.8) is 0 Å². The van der Waals surface area contributed by atoms with E-state index in [2.05, 4.69) is 9.72 Å². The molecular formula is C20H16F3NO. The second-order valence-corrected chi connectivity index (χ2v) is 5.75. The van der Waals surface area contributed by atoms with Crippen LogP contribution in [0.4, 0.5) is 13.2 Å². The molecule has 0 N–H and O–H groups in total. The van der Waals surface area contributed by atoms with Gasteiger partial charge in [-0.15, -0.1) is 13.2 Å². The molecule has 3 aromatic rings. The van der Waals surface area contributed by atoms with Crippen LogP contribution in [0.15, 0.2) is 73.1 Å². The SMILES string of the molecule is Cc1ccc(C(c2ccc(OC(F)(F)F)cc2)c2cccnc2)cc1. The molecule has 1 unspecified atom stereocenters. The highest BCUT2D eigenvalue weighted by atomic mass is 19.4. The van der Waals surface area contributed by atoms with Crippen LogP contribution in [0.5, 0.6) is 5.75 Å². The Morgan fingerprint density at radius 3 is 1.96 bits per heavy atom. The van der Waals surface area contributed by atoms with E-state index in [9.17, 15) is 13.2 Å². The number of hydrogen-bond acceptors (Lipinski definition) is 2. The quantitative estimate of drug-likeness (QED) is 0.627. The van der Waals surface area contributed by atoms with Gasteiger partial charge >= 0.3 is 6.36 Å². The van der Waals surface area contributed by atoms with Gasteiger partial charge in [-0.1, -0.05) is 48.0 Å². The summed E-state index contributed by atoms with van der Waals surface area (Å²) >= 11 is 0. The number of benzene rings is 2. The molecule has 1 heterocycles. The standard InChI is InChI=1S/C20H16F3NO/c1-14-4-6-15(7-5-14)19(17-3-2-12-24-13-17)16-8-10-18(11-9-16)25-20(21,22)23/h2-13,19H,1H3. The number of rotatable bonds is 4. The molecule has 3 rings (SSSR count). The minimum absolute atomic E-state index is 0.116. The normalized spacial score (nSPS) is 12.6. The largest absolute Gasteiger partial charge is 0.573 e. The fourth-order valence-electron chi connectivity index (χ4n) is 2.74.